The highest BCUT2D eigenvalue weighted by atomic mass is 35.5. The number of piperidine rings is 1. The smallest absolute Gasteiger partial charge is 0.276 e. The monoisotopic (exact) mass is 726 g/mol. The van der Waals surface area contributed by atoms with Gasteiger partial charge in [0.1, 0.15) is 5.52 Å². The largest absolute Gasteiger partial charge is 0.393 e. The average molecular weight is 728 g/mol. The van der Waals surface area contributed by atoms with Gasteiger partial charge in [-0.3, -0.25) is 24.3 Å². The molecule has 51 heavy (non-hydrogen) atoms. The third-order valence-electron chi connectivity index (χ3n) is 10.3. The van der Waals surface area contributed by atoms with Crippen LogP contribution in [0, 0.1) is 0 Å². The number of carbonyl (C=O) groups excluding carboxylic acids is 1. The van der Waals surface area contributed by atoms with Crippen molar-refractivity contribution in [2.45, 2.75) is 63.4 Å². The van der Waals surface area contributed by atoms with Gasteiger partial charge in [0.05, 0.1) is 45.4 Å². The predicted molar refractivity (Wildman–Crippen MR) is 200 cm³/mol. The Morgan fingerprint density at radius 2 is 1.61 bits per heavy atom. The molecule has 3 aromatic heterocycles. The van der Waals surface area contributed by atoms with Gasteiger partial charge in [-0.05, 0) is 68.0 Å². The minimum absolute atomic E-state index is 0.184. The third-order valence-corrected chi connectivity index (χ3v) is 11.1. The summed E-state index contributed by atoms with van der Waals surface area (Å²) in [6.07, 6.45) is 7.41. The molecule has 0 aliphatic carbocycles. The first-order valence-electron chi connectivity index (χ1n) is 17.6. The minimum atomic E-state index is -0.332. The van der Waals surface area contributed by atoms with E-state index < -0.39 is 0 Å². The van der Waals surface area contributed by atoms with Crippen molar-refractivity contribution in [1.82, 2.24) is 29.5 Å². The molecule has 2 saturated heterocycles. The molecule has 8 rings (SSSR count). The van der Waals surface area contributed by atoms with Crippen LogP contribution in [0.1, 0.15) is 59.9 Å². The van der Waals surface area contributed by atoms with E-state index >= 15 is 0 Å². The van der Waals surface area contributed by atoms with Gasteiger partial charge in [0, 0.05) is 68.2 Å². The lowest BCUT2D eigenvalue weighted by atomic mass is 9.98. The lowest BCUT2D eigenvalue weighted by Gasteiger charge is -2.38. The van der Waals surface area contributed by atoms with Gasteiger partial charge >= 0.3 is 0 Å². The fourth-order valence-corrected chi connectivity index (χ4v) is 8.17. The van der Waals surface area contributed by atoms with Crippen LogP contribution in [0.4, 0.5) is 17.2 Å². The molecular weight excluding hydrogens is 687 g/mol. The van der Waals surface area contributed by atoms with Gasteiger partial charge in [-0.15, -0.1) is 0 Å². The first-order chi connectivity index (χ1) is 24.8. The number of aromatic nitrogens is 4. The van der Waals surface area contributed by atoms with Crippen LogP contribution >= 0.6 is 23.2 Å². The number of halogens is 2. The number of pyridine rings is 2. The SMILES string of the molecule is O=C(Nc1cccc(-c2cccc(Nc3nccc4cc(CN5CC[C@H](O)C5)cnc34)c2Cl)c1Cl)c1cc2n(n1)CCCC2N1CCC(O)CC1. The van der Waals surface area contributed by atoms with E-state index in [1.807, 2.05) is 53.3 Å². The number of anilines is 3. The van der Waals surface area contributed by atoms with Crippen LogP contribution in [0.3, 0.4) is 0 Å². The second-order valence-electron chi connectivity index (χ2n) is 13.8. The molecule has 5 aromatic rings. The molecule has 3 aliphatic heterocycles. The molecule has 0 spiro atoms. The summed E-state index contributed by atoms with van der Waals surface area (Å²) in [4.78, 5) is 27.5. The van der Waals surface area contributed by atoms with Gasteiger partial charge < -0.3 is 20.8 Å². The molecule has 2 fully saturated rings. The highest BCUT2D eigenvalue weighted by Crippen LogP contribution is 2.41. The zero-order valence-electron chi connectivity index (χ0n) is 28.1. The van der Waals surface area contributed by atoms with Crippen molar-refractivity contribution in [1.29, 1.82) is 0 Å². The summed E-state index contributed by atoms with van der Waals surface area (Å²) in [7, 11) is 0. The first kappa shape index (κ1) is 34.0. The number of hydrogen-bond donors (Lipinski definition) is 4. The van der Waals surface area contributed by atoms with Crippen molar-refractivity contribution < 1.29 is 15.0 Å². The number of nitrogens with zero attached hydrogens (tertiary/aromatic N) is 6. The van der Waals surface area contributed by atoms with Gasteiger partial charge in [0.15, 0.2) is 11.5 Å². The lowest BCUT2D eigenvalue weighted by molar-refractivity contribution is 0.0512. The number of fused-ring (bicyclic) bond motifs is 2. The van der Waals surface area contributed by atoms with Gasteiger partial charge in [-0.1, -0.05) is 47.5 Å². The van der Waals surface area contributed by atoms with E-state index in [-0.39, 0.29) is 24.2 Å². The molecule has 1 amide bonds. The third kappa shape index (κ3) is 7.06. The second kappa shape index (κ2) is 14.5. The fourth-order valence-electron chi connectivity index (χ4n) is 7.62. The van der Waals surface area contributed by atoms with Crippen LogP contribution in [0.2, 0.25) is 10.0 Å². The van der Waals surface area contributed by atoms with E-state index in [1.54, 1.807) is 12.3 Å². The maximum Gasteiger partial charge on any atom is 0.276 e. The zero-order chi connectivity index (χ0) is 35.1. The van der Waals surface area contributed by atoms with Gasteiger partial charge in [0.25, 0.3) is 5.91 Å². The van der Waals surface area contributed by atoms with E-state index in [4.69, 9.17) is 28.2 Å². The average Bonchev–Trinajstić information content (AvgIpc) is 3.76. The summed E-state index contributed by atoms with van der Waals surface area (Å²) in [5, 5.41) is 32.7. The molecule has 0 saturated carbocycles. The first-order valence-corrected chi connectivity index (χ1v) is 18.4. The predicted octanol–water partition coefficient (Wildman–Crippen LogP) is 6.65. The number of aliphatic hydroxyl groups is 2. The lowest BCUT2D eigenvalue weighted by Crippen LogP contribution is -2.40. The topological polar surface area (TPSA) is 132 Å². The molecule has 2 aromatic carbocycles. The summed E-state index contributed by atoms with van der Waals surface area (Å²) in [5.41, 5.74) is 5.63. The molecule has 2 atom stereocenters. The van der Waals surface area contributed by atoms with Crippen LogP contribution in [-0.2, 0) is 13.1 Å². The van der Waals surface area contributed by atoms with Crippen LogP contribution in [0.5, 0.6) is 0 Å². The van der Waals surface area contributed by atoms with E-state index in [0.717, 1.165) is 81.5 Å². The Bertz CT molecular complexity index is 2080. The zero-order valence-corrected chi connectivity index (χ0v) is 29.6. The number of rotatable bonds is 8. The Kier molecular flexibility index (Phi) is 9.67. The van der Waals surface area contributed by atoms with Crippen molar-refractivity contribution in [3.63, 3.8) is 0 Å². The highest BCUT2D eigenvalue weighted by molar-refractivity contribution is 6.39. The van der Waals surface area contributed by atoms with Crippen molar-refractivity contribution in [2.24, 2.45) is 0 Å². The number of β-amino-alcohol motifs (C(OH)–C–C–N with tert-alkyl or cyclic N) is 1. The van der Waals surface area contributed by atoms with Crippen LogP contribution < -0.4 is 10.6 Å². The number of likely N-dealkylation sites (tertiary alicyclic amines) is 2. The number of aliphatic hydroxyl groups excluding tert-OH is 2. The fraction of sp³-hybridized carbons (Fsp3) is 0.368. The minimum Gasteiger partial charge on any atom is -0.393 e. The molecule has 4 N–H and O–H groups in total. The van der Waals surface area contributed by atoms with Crippen molar-refractivity contribution in [2.75, 3.05) is 36.8 Å². The van der Waals surface area contributed by atoms with Gasteiger partial charge in [-0.25, -0.2) is 4.98 Å². The molecule has 0 radical (unpaired) electrons. The molecule has 3 aliphatic rings. The Morgan fingerprint density at radius 1 is 0.863 bits per heavy atom. The Balaban J connectivity index is 1.00. The molecule has 11 nitrogen and oxygen atoms in total. The Labute approximate surface area is 306 Å². The number of carbonyl (C=O) groups is 1. The second-order valence-corrected chi connectivity index (χ2v) is 14.5. The summed E-state index contributed by atoms with van der Waals surface area (Å²) in [6.45, 7) is 4.72. The molecule has 0 bridgehead atoms. The highest BCUT2D eigenvalue weighted by Gasteiger charge is 2.31. The van der Waals surface area contributed by atoms with Crippen LogP contribution in [0.25, 0.3) is 22.0 Å². The summed E-state index contributed by atoms with van der Waals surface area (Å²) in [5.74, 6) is 0.241. The van der Waals surface area contributed by atoms with Crippen molar-refractivity contribution in [3.05, 3.63) is 94.0 Å². The number of amides is 1. The number of hydrogen-bond acceptors (Lipinski definition) is 9. The molecule has 13 heteroatoms. The normalized spacial score (nSPS) is 20.1. The number of benzene rings is 2. The number of nitrogens with one attached hydrogen (secondary N) is 2. The molecule has 264 valence electrons. The number of aryl methyl sites for hydroxylation is 1. The summed E-state index contributed by atoms with van der Waals surface area (Å²) in [6, 6.07) is 17.2. The van der Waals surface area contributed by atoms with Crippen molar-refractivity contribution in [3.8, 4) is 11.1 Å². The van der Waals surface area contributed by atoms with E-state index in [2.05, 4.69) is 36.6 Å². The van der Waals surface area contributed by atoms with E-state index in [1.165, 1.54) is 0 Å². The van der Waals surface area contributed by atoms with E-state index in [9.17, 15) is 15.0 Å². The summed E-state index contributed by atoms with van der Waals surface area (Å²) >= 11 is 14.0. The maximum atomic E-state index is 13.6. The Hall–Kier alpha value is -4.10. The van der Waals surface area contributed by atoms with Crippen LogP contribution in [-0.4, -0.2) is 84.1 Å². The quantitative estimate of drug-likeness (QED) is 0.139. The van der Waals surface area contributed by atoms with E-state index in [0.29, 0.717) is 56.1 Å². The summed E-state index contributed by atoms with van der Waals surface area (Å²) < 4.78 is 1.95. The van der Waals surface area contributed by atoms with Gasteiger partial charge in [0.2, 0.25) is 0 Å². The molecular formula is C38H40Cl2N8O3. The standard InChI is InChI=1S/C38H40Cl2N8O3/c39-34-27(4-1-6-29(34)43-37-36-24(9-13-41-37)18-23(20-42-36)21-46-15-10-26(50)22-46)28-5-2-7-30(35(28)40)44-38(51)31-19-33-32(8-3-14-48(33)45-31)47-16-11-25(49)12-17-47/h1-2,4-7,9,13,18-20,25-26,32,49-50H,3,8,10-12,14-17,21-22H2,(H,41,43)(H,44,51)/t26-,32?/m0/s1. The Morgan fingerprint density at radius 3 is 2.37 bits per heavy atom. The molecule has 6 heterocycles. The van der Waals surface area contributed by atoms with Gasteiger partial charge in [-0.2, -0.15) is 5.10 Å². The van der Waals surface area contributed by atoms with Crippen LogP contribution in [0.15, 0.2) is 67.0 Å². The maximum absolute atomic E-state index is 13.6. The van der Waals surface area contributed by atoms with Crippen molar-refractivity contribution >= 4 is 57.2 Å². The molecule has 1 unspecified atom stereocenters.